The third-order valence-corrected chi connectivity index (χ3v) is 1.69. The van der Waals surface area contributed by atoms with E-state index in [-0.39, 0.29) is 5.56 Å². The zero-order valence-corrected chi connectivity index (χ0v) is 7.69. The minimum absolute atomic E-state index is 0.173. The van der Waals surface area contributed by atoms with Crippen molar-refractivity contribution in [2.45, 2.75) is 6.61 Å². The number of hydrogen-bond acceptors (Lipinski definition) is 3. The summed E-state index contributed by atoms with van der Waals surface area (Å²) in [6.07, 6.45) is 0. The summed E-state index contributed by atoms with van der Waals surface area (Å²) >= 11 is 0. The first kappa shape index (κ1) is 10.4. The summed E-state index contributed by atoms with van der Waals surface area (Å²) in [7, 11) is 1.53. The first-order valence-corrected chi connectivity index (χ1v) is 4.00. The summed E-state index contributed by atoms with van der Waals surface area (Å²) < 4.78 is 4.86. The van der Waals surface area contributed by atoms with Crippen molar-refractivity contribution in [1.29, 1.82) is 0 Å². The van der Waals surface area contributed by atoms with Crippen LogP contribution in [-0.4, -0.2) is 24.0 Å². The fraction of sp³-hybridized carbons (Fsp3) is 0.200. The predicted molar refractivity (Wildman–Crippen MR) is 49.1 cm³/mol. The standard InChI is InChI=1S/C10H10O4/c1-14-6-7-3-2-4-8(5-7)9(11)10(12)13/h2-5H,6H2,1H3,(H,12,13). The molecule has 0 bridgehead atoms. The molecule has 0 saturated carbocycles. The number of carbonyl (C=O) groups excluding carboxylic acids is 1. The second-order valence-corrected chi connectivity index (χ2v) is 2.77. The summed E-state index contributed by atoms with van der Waals surface area (Å²) in [6.45, 7) is 0.362. The lowest BCUT2D eigenvalue weighted by Crippen LogP contribution is -2.12. The smallest absolute Gasteiger partial charge is 0.377 e. The van der Waals surface area contributed by atoms with Gasteiger partial charge in [-0.05, 0) is 11.6 Å². The van der Waals surface area contributed by atoms with E-state index in [0.29, 0.717) is 6.61 Å². The quantitative estimate of drug-likeness (QED) is 0.575. The van der Waals surface area contributed by atoms with Crippen molar-refractivity contribution in [1.82, 2.24) is 0 Å². The lowest BCUT2D eigenvalue weighted by atomic mass is 10.1. The summed E-state index contributed by atoms with van der Waals surface area (Å²) in [5.74, 6) is -2.34. The van der Waals surface area contributed by atoms with Crippen molar-refractivity contribution < 1.29 is 19.4 Å². The molecule has 1 N–H and O–H groups in total. The fourth-order valence-electron chi connectivity index (χ4n) is 1.09. The first-order chi connectivity index (χ1) is 6.65. The van der Waals surface area contributed by atoms with Gasteiger partial charge in [0.2, 0.25) is 0 Å². The Balaban J connectivity index is 2.93. The minimum Gasteiger partial charge on any atom is -0.475 e. The van der Waals surface area contributed by atoms with Crippen molar-refractivity contribution in [3.05, 3.63) is 35.4 Å². The summed E-state index contributed by atoms with van der Waals surface area (Å²) in [6, 6.07) is 6.38. The second kappa shape index (κ2) is 4.53. The molecule has 0 aliphatic rings. The van der Waals surface area contributed by atoms with E-state index >= 15 is 0 Å². The molecule has 1 rings (SSSR count). The summed E-state index contributed by atoms with van der Waals surface area (Å²) in [5, 5.41) is 8.48. The highest BCUT2D eigenvalue weighted by Crippen LogP contribution is 2.07. The lowest BCUT2D eigenvalue weighted by Gasteiger charge is -2.01. The van der Waals surface area contributed by atoms with Crippen LogP contribution < -0.4 is 0 Å². The number of Topliss-reactive ketones (excluding diaryl/α,β-unsaturated/α-hetero) is 1. The Morgan fingerprint density at radius 3 is 2.71 bits per heavy atom. The average molecular weight is 194 g/mol. The number of aliphatic carboxylic acids is 1. The normalized spacial score (nSPS) is 9.79. The minimum atomic E-state index is -1.44. The first-order valence-electron chi connectivity index (χ1n) is 4.00. The molecule has 14 heavy (non-hydrogen) atoms. The second-order valence-electron chi connectivity index (χ2n) is 2.77. The number of ether oxygens (including phenoxy) is 1. The van der Waals surface area contributed by atoms with Gasteiger partial charge in [0.05, 0.1) is 6.61 Å². The predicted octanol–water partition coefficient (Wildman–Crippen LogP) is 1.10. The Hall–Kier alpha value is -1.68. The number of carbonyl (C=O) groups is 2. The maximum atomic E-state index is 11.1. The van der Waals surface area contributed by atoms with Gasteiger partial charge in [0, 0.05) is 12.7 Å². The van der Waals surface area contributed by atoms with Crippen LogP contribution in [0.5, 0.6) is 0 Å². The highest BCUT2D eigenvalue weighted by atomic mass is 16.5. The van der Waals surface area contributed by atoms with E-state index in [1.54, 1.807) is 12.1 Å². The monoisotopic (exact) mass is 194 g/mol. The zero-order valence-electron chi connectivity index (χ0n) is 7.69. The Labute approximate surface area is 81.1 Å². The molecule has 0 aliphatic carbocycles. The molecule has 1 aromatic carbocycles. The number of methoxy groups -OCH3 is 1. The molecule has 0 saturated heterocycles. The van der Waals surface area contributed by atoms with E-state index in [4.69, 9.17) is 9.84 Å². The molecule has 0 heterocycles. The number of ketones is 1. The molecule has 4 heteroatoms. The van der Waals surface area contributed by atoms with Gasteiger partial charge in [-0.1, -0.05) is 18.2 Å². The Morgan fingerprint density at radius 2 is 2.14 bits per heavy atom. The zero-order chi connectivity index (χ0) is 10.6. The highest BCUT2D eigenvalue weighted by molar-refractivity contribution is 6.39. The van der Waals surface area contributed by atoms with E-state index in [1.165, 1.54) is 19.2 Å². The maximum Gasteiger partial charge on any atom is 0.377 e. The van der Waals surface area contributed by atoms with Crippen molar-refractivity contribution in [3.63, 3.8) is 0 Å². The van der Waals surface area contributed by atoms with Gasteiger partial charge >= 0.3 is 5.97 Å². The van der Waals surface area contributed by atoms with Crippen LogP contribution in [0.4, 0.5) is 0 Å². The van der Waals surface area contributed by atoms with Gasteiger partial charge in [0.1, 0.15) is 0 Å². The van der Waals surface area contributed by atoms with Crippen LogP contribution in [0.1, 0.15) is 15.9 Å². The van der Waals surface area contributed by atoms with Crippen LogP contribution in [-0.2, 0) is 16.1 Å². The van der Waals surface area contributed by atoms with Crippen molar-refractivity contribution in [3.8, 4) is 0 Å². The topological polar surface area (TPSA) is 63.6 Å². The van der Waals surface area contributed by atoms with Gasteiger partial charge in [-0.3, -0.25) is 4.79 Å². The molecule has 0 atom stereocenters. The maximum absolute atomic E-state index is 11.1. The van der Waals surface area contributed by atoms with Gasteiger partial charge in [0.25, 0.3) is 5.78 Å². The molecule has 0 spiro atoms. The van der Waals surface area contributed by atoms with Gasteiger partial charge in [-0.15, -0.1) is 0 Å². The summed E-state index contributed by atoms with van der Waals surface area (Å²) in [5.41, 5.74) is 0.951. The Kier molecular flexibility index (Phi) is 3.36. The molecule has 0 aromatic heterocycles. The average Bonchev–Trinajstić information content (AvgIpc) is 2.17. The van der Waals surface area contributed by atoms with E-state index < -0.39 is 11.8 Å². The number of carboxylic acid groups (broad SMARTS) is 1. The highest BCUT2D eigenvalue weighted by Gasteiger charge is 2.14. The number of benzene rings is 1. The molecule has 0 fully saturated rings. The van der Waals surface area contributed by atoms with E-state index in [9.17, 15) is 9.59 Å². The third kappa shape index (κ3) is 2.40. The van der Waals surface area contributed by atoms with Crippen molar-refractivity contribution in [2.75, 3.05) is 7.11 Å². The molecular formula is C10H10O4. The Bertz CT molecular complexity index is 357. The van der Waals surface area contributed by atoms with Crippen LogP contribution in [0.25, 0.3) is 0 Å². The number of rotatable bonds is 4. The lowest BCUT2D eigenvalue weighted by molar-refractivity contribution is -0.131. The van der Waals surface area contributed by atoms with Crippen molar-refractivity contribution in [2.24, 2.45) is 0 Å². The van der Waals surface area contributed by atoms with Gasteiger partial charge < -0.3 is 9.84 Å². The summed E-state index contributed by atoms with van der Waals surface area (Å²) in [4.78, 5) is 21.4. The number of carboxylic acids is 1. The molecule has 0 radical (unpaired) electrons. The third-order valence-electron chi connectivity index (χ3n) is 1.69. The van der Waals surface area contributed by atoms with Crippen LogP contribution in [0.2, 0.25) is 0 Å². The number of hydrogen-bond donors (Lipinski definition) is 1. The van der Waals surface area contributed by atoms with E-state index in [2.05, 4.69) is 0 Å². The Morgan fingerprint density at radius 1 is 1.43 bits per heavy atom. The molecular weight excluding hydrogens is 184 g/mol. The van der Waals surface area contributed by atoms with Crippen molar-refractivity contribution >= 4 is 11.8 Å². The molecule has 74 valence electrons. The largest absolute Gasteiger partial charge is 0.475 e. The van der Waals surface area contributed by atoms with Gasteiger partial charge in [0.15, 0.2) is 0 Å². The molecule has 4 nitrogen and oxygen atoms in total. The van der Waals surface area contributed by atoms with E-state index in [1.807, 2.05) is 0 Å². The van der Waals surface area contributed by atoms with Crippen LogP contribution >= 0.6 is 0 Å². The van der Waals surface area contributed by atoms with Gasteiger partial charge in [-0.2, -0.15) is 0 Å². The fourth-order valence-corrected chi connectivity index (χ4v) is 1.09. The van der Waals surface area contributed by atoms with E-state index in [0.717, 1.165) is 5.56 Å². The molecule has 0 aliphatic heterocycles. The van der Waals surface area contributed by atoms with Gasteiger partial charge in [-0.25, -0.2) is 4.79 Å². The van der Waals surface area contributed by atoms with Crippen LogP contribution in [0, 0.1) is 0 Å². The molecule has 0 unspecified atom stereocenters. The molecule has 1 aromatic rings. The SMILES string of the molecule is COCc1cccc(C(=O)C(=O)O)c1. The van der Waals surface area contributed by atoms with Crippen LogP contribution in [0.3, 0.4) is 0 Å². The van der Waals surface area contributed by atoms with Crippen LogP contribution in [0.15, 0.2) is 24.3 Å². The molecule has 0 amide bonds.